The molecule has 0 spiro atoms. The van der Waals surface area contributed by atoms with Gasteiger partial charge >= 0.3 is 0 Å². The van der Waals surface area contributed by atoms with Gasteiger partial charge in [0.05, 0.1) is 11.5 Å². The van der Waals surface area contributed by atoms with E-state index in [-0.39, 0.29) is 18.4 Å². The van der Waals surface area contributed by atoms with Gasteiger partial charge in [-0.25, -0.2) is 8.78 Å². The highest BCUT2D eigenvalue weighted by molar-refractivity contribution is 5.39. The van der Waals surface area contributed by atoms with Crippen molar-refractivity contribution in [2.45, 2.75) is 24.0 Å². The first-order valence-corrected chi connectivity index (χ1v) is 5.48. The van der Waals surface area contributed by atoms with Crippen LogP contribution in [0, 0.1) is 23.0 Å². The van der Waals surface area contributed by atoms with Crippen LogP contribution in [0.2, 0.25) is 0 Å². The van der Waals surface area contributed by atoms with Crippen LogP contribution < -0.4 is 0 Å². The van der Waals surface area contributed by atoms with Crippen LogP contribution in [0.15, 0.2) is 18.2 Å². The molecule has 1 aliphatic rings. The van der Waals surface area contributed by atoms with Gasteiger partial charge in [0.2, 0.25) is 0 Å². The fourth-order valence-electron chi connectivity index (χ4n) is 2.45. The molecule has 0 radical (unpaired) electrons. The molecule has 0 aliphatic heterocycles. The third-order valence-corrected chi connectivity index (χ3v) is 3.55. The fourth-order valence-corrected chi connectivity index (χ4v) is 2.45. The lowest BCUT2D eigenvalue weighted by Crippen LogP contribution is -2.56. The van der Waals surface area contributed by atoms with Gasteiger partial charge in [0, 0.05) is 38.7 Å². The molecule has 3 nitrogen and oxygen atoms in total. The molecule has 1 aromatic carbocycles. The Labute approximate surface area is 104 Å². The lowest BCUT2D eigenvalue weighted by atomic mass is 9.61. The molecule has 1 aromatic rings. The van der Waals surface area contributed by atoms with Crippen molar-refractivity contribution in [3.05, 3.63) is 35.4 Å². The molecule has 5 heteroatoms. The van der Waals surface area contributed by atoms with Crippen molar-refractivity contribution in [3.8, 4) is 6.07 Å². The van der Waals surface area contributed by atoms with E-state index in [1.54, 1.807) is 0 Å². The number of nitriles is 1. The molecule has 0 unspecified atom stereocenters. The first kappa shape index (κ1) is 12.9. The van der Waals surface area contributed by atoms with Crippen molar-refractivity contribution in [2.75, 3.05) is 14.2 Å². The summed E-state index contributed by atoms with van der Waals surface area (Å²) < 4.78 is 37.0. The number of hydrogen-bond donors (Lipinski definition) is 0. The smallest absolute Gasteiger partial charge is 0.171 e. The van der Waals surface area contributed by atoms with Crippen LogP contribution in [-0.4, -0.2) is 20.0 Å². The fraction of sp³-hybridized carbons (Fsp3) is 0.462. The van der Waals surface area contributed by atoms with Crippen LogP contribution >= 0.6 is 0 Å². The number of rotatable bonds is 3. The highest BCUT2D eigenvalue weighted by atomic mass is 19.1. The van der Waals surface area contributed by atoms with Crippen LogP contribution in [0.25, 0.3) is 0 Å². The molecule has 0 atom stereocenters. The zero-order chi connectivity index (χ0) is 13.4. The van der Waals surface area contributed by atoms with Gasteiger partial charge in [0.15, 0.2) is 5.79 Å². The summed E-state index contributed by atoms with van der Waals surface area (Å²) in [6.07, 6.45) is 0.456. The summed E-state index contributed by atoms with van der Waals surface area (Å²) in [7, 11) is 2.96. The Morgan fingerprint density at radius 2 is 1.83 bits per heavy atom. The lowest BCUT2D eigenvalue weighted by molar-refractivity contribution is -0.269. The van der Waals surface area contributed by atoms with Gasteiger partial charge in [-0.2, -0.15) is 5.26 Å². The van der Waals surface area contributed by atoms with Crippen molar-refractivity contribution in [1.29, 1.82) is 5.26 Å². The maximum Gasteiger partial charge on any atom is 0.171 e. The summed E-state index contributed by atoms with van der Waals surface area (Å²) in [5.41, 5.74) is -0.819. The topological polar surface area (TPSA) is 42.2 Å². The Balaban J connectivity index is 2.35. The van der Waals surface area contributed by atoms with Crippen LogP contribution in [-0.2, 0) is 14.9 Å². The number of ether oxygens (including phenoxy) is 2. The molecule has 0 heterocycles. The van der Waals surface area contributed by atoms with Crippen molar-refractivity contribution in [3.63, 3.8) is 0 Å². The van der Waals surface area contributed by atoms with Gasteiger partial charge in [-0.1, -0.05) is 6.07 Å². The molecule has 1 saturated carbocycles. The second-order valence-electron chi connectivity index (χ2n) is 4.49. The van der Waals surface area contributed by atoms with E-state index in [4.69, 9.17) is 9.47 Å². The van der Waals surface area contributed by atoms with Gasteiger partial charge in [-0.05, 0) is 6.07 Å². The SMILES string of the molecule is COC1(OC)CC(C#N)(c2ccc(F)cc2F)C1. The Hall–Kier alpha value is -1.51. The molecule has 0 aromatic heterocycles. The molecular formula is C13H13F2NO2. The summed E-state index contributed by atoms with van der Waals surface area (Å²) in [5.74, 6) is -2.22. The largest absolute Gasteiger partial charge is 0.353 e. The quantitative estimate of drug-likeness (QED) is 0.777. The second-order valence-corrected chi connectivity index (χ2v) is 4.49. The van der Waals surface area contributed by atoms with E-state index in [9.17, 15) is 14.0 Å². The molecule has 1 fully saturated rings. The number of benzene rings is 1. The third-order valence-electron chi connectivity index (χ3n) is 3.55. The summed E-state index contributed by atoms with van der Waals surface area (Å²) in [4.78, 5) is 0. The minimum atomic E-state index is -1.01. The molecule has 2 rings (SSSR count). The van der Waals surface area contributed by atoms with Crippen molar-refractivity contribution in [1.82, 2.24) is 0 Å². The molecule has 0 N–H and O–H groups in total. The zero-order valence-corrected chi connectivity index (χ0v) is 10.2. The normalized spacial score (nSPS) is 19.9. The monoisotopic (exact) mass is 253 g/mol. The average molecular weight is 253 g/mol. The summed E-state index contributed by atoms with van der Waals surface area (Å²) >= 11 is 0. The second kappa shape index (κ2) is 4.30. The average Bonchev–Trinajstić information content (AvgIpc) is 2.31. The van der Waals surface area contributed by atoms with Crippen molar-refractivity contribution < 1.29 is 18.3 Å². The maximum absolute atomic E-state index is 13.7. The van der Waals surface area contributed by atoms with E-state index in [2.05, 4.69) is 6.07 Å². The highest BCUT2D eigenvalue weighted by Gasteiger charge is 2.58. The molecular weight excluding hydrogens is 240 g/mol. The van der Waals surface area contributed by atoms with E-state index in [1.807, 2.05) is 0 Å². The summed E-state index contributed by atoms with van der Waals surface area (Å²) in [6, 6.07) is 5.34. The maximum atomic E-state index is 13.7. The first-order chi connectivity index (χ1) is 8.51. The Kier molecular flexibility index (Phi) is 3.09. The van der Waals surface area contributed by atoms with Gasteiger partial charge in [-0.15, -0.1) is 0 Å². The van der Waals surface area contributed by atoms with E-state index < -0.39 is 22.8 Å². The highest BCUT2D eigenvalue weighted by Crippen LogP contribution is 2.52. The minimum Gasteiger partial charge on any atom is -0.353 e. The summed E-state index contributed by atoms with van der Waals surface area (Å²) in [5, 5.41) is 9.29. The number of hydrogen-bond acceptors (Lipinski definition) is 3. The molecule has 0 bridgehead atoms. The van der Waals surface area contributed by atoms with Gasteiger partial charge in [0.1, 0.15) is 11.6 Å². The zero-order valence-electron chi connectivity index (χ0n) is 10.2. The predicted octanol–water partition coefficient (Wildman–Crippen LogP) is 2.51. The van der Waals surface area contributed by atoms with E-state index in [0.29, 0.717) is 0 Å². The van der Waals surface area contributed by atoms with E-state index in [0.717, 1.165) is 12.1 Å². The Morgan fingerprint density at radius 1 is 1.22 bits per heavy atom. The van der Waals surface area contributed by atoms with Gasteiger partial charge < -0.3 is 9.47 Å². The van der Waals surface area contributed by atoms with Gasteiger partial charge in [0.25, 0.3) is 0 Å². The predicted molar refractivity (Wildman–Crippen MR) is 59.6 cm³/mol. The lowest BCUT2D eigenvalue weighted by Gasteiger charge is -2.50. The molecule has 1 aliphatic carbocycles. The Morgan fingerprint density at radius 3 is 2.28 bits per heavy atom. The number of methoxy groups -OCH3 is 2. The van der Waals surface area contributed by atoms with Crippen LogP contribution in [0.3, 0.4) is 0 Å². The standard InChI is InChI=1S/C13H13F2NO2/c1-17-13(18-2)6-12(7-13,8-16)10-4-3-9(14)5-11(10)15/h3-5H,6-7H2,1-2H3. The van der Waals surface area contributed by atoms with Crippen LogP contribution in [0.1, 0.15) is 18.4 Å². The molecule has 96 valence electrons. The first-order valence-electron chi connectivity index (χ1n) is 5.48. The van der Waals surface area contributed by atoms with Crippen molar-refractivity contribution in [2.24, 2.45) is 0 Å². The van der Waals surface area contributed by atoms with Gasteiger partial charge in [-0.3, -0.25) is 0 Å². The third kappa shape index (κ3) is 1.78. The van der Waals surface area contributed by atoms with E-state index in [1.165, 1.54) is 20.3 Å². The Bertz CT molecular complexity index is 498. The summed E-state index contributed by atoms with van der Waals surface area (Å²) in [6.45, 7) is 0. The number of nitrogens with zero attached hydrogens (tertiary/aromatic N) is 1. The van der Waals surface area contributed by atoms with Crippen molar-refractivity contribution >= 4 is 0 Å². The van der Waals surface area contributed by atoms with Crippen LogP contribution in [0.4, 0.5) is 8.78 Å². The molecule has 0 saturated heterocycles. The molecule has 0 amide bonds. The minimum absolute atomic E-state index is 0.191. The van der Waals surface area contributed by atoms with E-state index >= 15 is 0 Å². The molecule has 18 heavy (non-hydrogen) atoms. The number of halogens is 2. The van der Waals surface area contributed by atoms with Crippen LogP contribution in [0.5, 0.6) is 0 Å².